The van der Waals surface area contributed by atoms with Crippen LogP contribution in [0.2, 0.25) is 0 Å². The zero-order chi connectivity index (χ0) is 12.1. The molecule has 0 aliphatic carbocycles. The van der Waals surface area contributed by atoms with Crippen LogP contribution in [-0.4, -0.2) is 17.1 Å². The second-order valence-corrected chi connectivity index (χ2v) is 4.67. The summed E-state index contributed by atoms with van der Waals surface area (Å²) in [6, 6.07) is 1.82. The third-order valence-electron chi connectivity index (χ3n) is 2.42. The average Bonchev–Trinajstić information content (AvgIpc) is 2.62. The van der Waals surface area contributed by atoms with Crippen LogP contribution in [0, 0.1) is 12.8 Å². The van der Waals surface area contributed by atoms with Gasteiger partial charge in [0.15, 0.2) is 5.69 Å². The molecule has 90 valence electrons. The van der Waals surface area contributed by atoms with E-state index in [2.05, 4.69) is 24.3 Å². The zero-order valence-corrected chi connectivity index (χ0v) is 10.4. The lowest BCUT2D eigenvalue weighted by Crippen LogP contribution is -2.32. The van der Waals surface area contributed by atoms with E-state index in [-0.39, 0.29) is 11.9 Å². The quantitative estimate of drug-likeness (QED) is 0.836. The Bertz CT molecular complexity index is 345. The van der Waals surface area contributed by atoms with Crippen LogP contribution in [0.25, 0.3) is 0 Å². The summed E-state index contributed by atoms with van der Waals surface area (Å²) in [6.07, 6.45) is 2.10. The largest absolute Gasteiger partial charge is 0.361 e. The molecular weight excluding hydrogens is 204 g/mol. The smallest absolute Gasteiger partial charge is 0.273 e. The van der Waals surface area contributed by atoms with E-state index >= 15 is 0 Å². The van der Waals surface area contributed by atoms with Crippen LogP contribution >= 0.6 is 0 Å². The van der Waals surface area contributed by atoms with Crippen molar-refractivity contribution >= 4 is 5.91 Å². The molecule has 0 radical (unpaired) electrons. The van der Waals surface area contributed by atoms with Gasteiger partial charge in [0.25, 0.3) is 5.91 Å². The second kappa shape index (κ2) is 5.68. The average molecular weight is 224 g/mol. The summed E-state index contributed by atoms with van der Waals surface area (Å²) >= 11 is 0. The Morgan fingerprint density at radius 1 is 1.44 bits per heavy atom. The Labute approximate surface area is 96.4 Å². The number of carbonyl (C=O) groups is 1. The third kappa shape index (κ3) is 4.04. The molecule has 1 amide bonds. The molecule has 0 fully saturated rings. The van der Waals surface area contributed by atoms with Crippen LogP contribution < -0.4 is 5.32 Å². The van der Waals surface area contributed by atoms with Gasteiger partial charge < -0.3 is 9.84 Å². The Morgan fingerprint density at radius 3 is 2.62 bits per heavy atom. The van der Waals surface area contributed by atoms with E-state index < -0.39 is 0 Å². The fourth-order valence-corrected chi connectivity index (χ4v) is 1.43. The minimum Gasteiger partial charge on any atom is -0.361 e. The first-order valence-corrected chi connectivity index (χ1v) is 5.73. The predicted molar refractivity (Wildman–Crippen MR) is 62.2 cm³/mol. The van der Waals surface area contributed by atoms with E-state index in [9.17, 15) is 4.79 Å². The number of amides is 1. The Morgan fingerprint density at radius 2 is 2.12 bits per heavy atom. The molecule has 0 aliphatic heterocycles. The maximum absolute atomic E-state index is 11.7. The van der Waals surface area contributed by atoms with Gasteiger partial charge in [-0.15, -0.1) is 0 Å². The molecule has 1 aromatic rings. The topological polar surface area (TPSA) is 55.1 Å². The lowest BCUT2D eigenvalue weighted by Gasteiger charge is -2.13. The van der Waals surface area contributed by atoms with Crippen LogP contribution in [0.15, 0.2) is 10.6 Å². The minimum absolute atomic E-state index is 0.159. The molecule has 1 aromatic heterocycles. The Kier molecular flexibility index (Phi) is 4.52. The number of hydrogen-bond donors (Lipinski definition) is 1. The van der Waals surface area contributed by atoms with Gasteiger partial charge in [-0.25, -0.2) is 0 Å². The highest BCUT2D eigenvalue weighted by Crippen LogP contribution is 2.07. The first kappa shape index (κ1) is 12.7. The van der Waals surface area contributed by atoms with Crippen molar-refractivity contribution in [1.82, 2.24) is 10.5 Å². The molecule has 0 saturated heterocycles. The molecule has 0 spiro atoms. The minimum atomic E-state index is -0.159. The van der Waals surface area contributed by atoms with E-state index in [1.54, 1.807) is 13.0 Å². The molecule has 4 nitrogen and oxygen atoms in total. The maximum atomic E-state index is 11.7. The normalized spacial score (nSPS) is 12.8. The van der Waals surface area contributed by atoms with Crippen molar-refractivity contribution < 1.29 is 9.32 Å². The first-order valence-electron chi connectivity index (χ1n) is 5.73. The van der Waals surface area contributed by atoms with Crippen molar-refractivity contribution in [3.63, 3.8) is 0 Å². The molecule has 0 aromatic carbocycles. The highest BCUT2D eigenvalue weighted by Gasteiger charge is 2.13. The lowest BCUT2D eigenvalue weighted by molar-refractivity contribution is 0.0928. The third-order valence-corrected chi connectivity index (χ3v) is 2.42. The lowest BCUT2D eigenvalue weighted by atomic mass is 10.0. The molecule has 1 rings (SSSR count). The zero-order valence-electron chi connectivity index (χ0n) is 10.4. The number of aryl methyl sites for hydroxylation is 1. The number of nitrogens with zero attached hydrogens (tertiary/aromatic N) is 1. The van der Waals surface area contributed by atoms with Gasteiger partial charge in [0.05, 0.1) is 0 Å². The summed E-state index contributed by atoms with van der Waals surface area (Å²) in [5.74, 6) is 1.15. The molecule has 1 atom stereocenters. The summed E-state index contributed by atoms with van der Waals surface area (Å²) in [5.41, 5.74) is 0.355. The maximum Gasteiger partial charge on any atom is 0.273 e. The van der Waals surface area contributed by atoms with Gasteiger partial charge in [0, 0.05) is 12.1 Å². The van der Waals surface area contributed by atoms with Crippen molar-refractivity contribution in [2.24, 2.45) is 5.92 Å². The molecule has 0 aliphatic rings. The molecule has 16 heavy (non-hydrogen) atoms. The van der Waals surface area contributed by atoms with E-state index in [0.29, 0.717) is 17.4 Å². The van der Waals surface area contributed by atoms with Crippen molar-refractivity contribution in [1.29, 1.82) is 0 Å². The molecule has 0 bridgehead atoms. The van der Waals surface area contributed by atoms with E-state index in [0.717, 1.165) is 12.8 Å². The predicted octanol–water partition coefficient (Wildman–Crippen LogP) is 2.54. The van der Waals surface area contributed by atoms with Crippen molar-refractivity contribution in [2.45, 2.75) is 46.6 Å². The Balaban J connectivity index is 2.39. The van der Waals surface area contributed by atoms with Gasteiger partial charge in [-0.3, -0.25) is 4.79 Å². The molecule has 1 N–H and O–H groups in total. The molecule has 1 heterocycles. The highest BCUT2D eigenvalue weighted by molar-refractivity contribution is 5.92. The number of nitrogens with one attached hydrogen (secondary N) is 1. The Hall–Kier alpha value is -1.32. The van der Waals surface area contributed by atoms with Gasteiger partial charge in [-0.2, -0.15) is 0 Å². The fourth-order valence-electron chi connectivity index (χ4n) is 1.43. The highest BCUT2D eigenvalue weighted by atomic mass is 16.5. The van der Waals surface area contributed by atoms with Gasteiger partial charge in [-0.05, 0) is 32.6 Å². The van der Waals surface area contributed by atoms with Crippen LogP contribution in [0.1, 0.15) is 49.9 Å². The van der Waals surface area contributed by atoms with Crippen molar-refractivity contribution in [3.05, 3.63) is 17.5 Å². The second-order valence-electron chi connectivity index (χ2n) is 4.67. The number of hydrogen-bond acceptors (Lipinski definition) is 3. The molecule has 4 heteroatoms. The molecule has 0 saturated carbocycles. The van der Waals surface area contributed by atoms with Gasteiger partial charge in [0.1, 0.15) is 5.76 Å². The number of carbonyl (C=O) groups excluding carboxylic acids is 1. The monoisotopic (exact) mass is 224 g/mol. The molecular formula is C12H20N2O2. The summed E-state index contributed by atoms with van der Waals surface area (Å²) in [7, 11) is 0. The SMILES string of the molecule is Cc1cc(C(=O)NC(C)CCC(C)C)no1. The summed E-state index contributed by atoms with van der Waals surface area (Å²) in [5, 5.41) is 6.58. The van der Waals surface area contributed by atoms with Crippen LogP contribution in [-0.2, 0) is 0 Å². The number of aromatic nitrogens is 1. The summed E-state index contributed by atoms with van der Waals surface area (Å²) in [6.45, 7) is 8.13. The summed E-state index contributed by atoms with van der Waals surface area (Å²) < 4.78 is 4.85. The van der Waals surface area contributed by atoms with E-state index in [4.69, 9.17) is 4.52 Å². The van der Waals surface area contributed by atoms with Gasteiger partial charge in [0.2, 0.25) is 0 Å². The van der Waals surface area contributed by atoms with Crippen molar-refractivity contribution in [3.8, 4) is 0 Å². The summed E-state index contributed by atoms with van der Waals surface area (Å²) in [4.78, 5) is 11.7. The molecule has 1 unspecified atom stereocenters. The van der Waals surface area contributed by atoms with Crippen LogP contribution in [0.4, 0.5) is 0 Å². The van der Waals surface area contributed by atoms with Gasteiger partial charge in [-0.1, -0.05) is 19.0 Å². The fraction of sp³-hybridized carbons (Fsp3) is 0.667. The van der Waals surface area contributed by atoms with Crippen molar-refractivity contribution in [2.75, 3.05) is 0 Å². The first-order chi connectivity index (χ1) is 7.49. The number of rotatable bonds is 5. The van der Waals surface area contributed by atoms with E-state index in [1.165, 1.54) is 0 Å². The standard InChI is InChI=1S/C12H20N2O2/c1-8(2)5-6-9(3)13-12(15)11-7-10(4)16-14-11/h7-9H,5-6H2,1-4H3,(H,13,15). The van der Waals surface area contributed by atoms with Crippen LogP contribution in [0.3, 0.4) is 0 Å². The van der Waals surface area contributed by atoms with Gasteiger partial charge >= 0.3 is 0 Å². The van der Waals surface area contributed by atoms with Crippen LogP contribution in [0.5, 0.6) is 0 Å². The van der Waals surface area contributed by atoms with E-state index in [1.807, 2.05) is 6.92 Å².